The monoisotopic (exact) mass is 523 g/mol. The van der Waals surface area contributed by atoms with Crippen LogP contribution in [0.3, 0.4) is 0 Å². The summed E-state index contributed by atoms with van der Waals surface area (Å²) in [7, 11) is 1.60. The van der Waals surface area contributed by atoms with Gasteiger partial charge in [0.25, 0.3) is 11.6 Å². The molecule has 35 heavy (non-hydrogen) atoms. The van der Waals surface area contributed by atoms with Crippen LogP contribution in [-0.4, -0.2) is 37.9 Å². The molecule has 0 fully saturated rings. The number of non-ortho nitro benzene ring substituents is 1. The summed E-state index contributed by atoms with van der Waals surface area (Å²) in [5.41, 5.74) is -8.33. The molecule has 0 saturated heterocycles. The van der Waals surface area contributed by atoms with Crippen LogP contribution in [0.1, 0.15) is 15.9 Å². The second kappa shape index (κ2) is 9.16. The lowest BCUT2D eigenvalue weighted by Gasteiger charge is -2.30. The maximum Gasteiger partial charge on any atom is 0.435 e. The summed E-state index contributed by atoms with van der Waals surface area (Å²) in [6, 6.07) is 5.08. The topological polar surface area (TPSA) is 103 Å². The number of carbonyl (C=O) groups excluding carboxylic acids is 1. The fraction of sp³-hybridized carbons (Fsp3) is 0.211. The van der Waals surface area contributed by atoms with Gasteiger partial charge >= 0.3 is 18.0 Å². The molecule has 1 amide bonds. The molecule has 0 aliphatic carbocycles. The summed E-state index contributed by atoms with van der Waals surface area (Å²) in [4.78, 5) is 23.4. The number of hydrogen-bond donors (Lipinski definition) is 1. The van der Waals surface area contributed by atoms with Gasteiger partial charge in [-0.25, -0.2) is 4.39 Å². The van der Waals surface area contributed by atoms with Crippen LogP contribution in [0.15, 0.2) is 58.8 Å². The second-order valence-electron chi connectivity index (χ2n) is 6.95. The highest BCUT2D eigenvalue weighted by atomic mass is 32.2. The highest BCUT2D eigenvalue weighted by Crippen LogP contribution is 2.53. The van der Waals surface area contributed by atoms with Gasteiger partial charge in [0, 0.05) is 35.3 Å². The quantitative estimate of drug-likeness (QED) is 0.263. The van der Waals surface area contributed by atoms with Gasteiger partial charge < -0.3 is 9.88 Å². The van der Waals surface area contributed by atoms with E-state index < -0.39 is 40.1 Å². The van der Waals surface area contributed by atoms with Gasteiger partial charge in [-0.3, -0.25) is 14.9 Å². The van der Waals surface area contributed by atoms with Gasteiger partial charge in [0.1, 0.15) is 6.33 Å². The number of nitro groups is 1. The van der Waals surface area contributed by atoms with E-state index >= 15 is 0 Å². The molecule has 1 aromatic heterocycles. The van der Waals surface area contributed by atoms with Gasteiger partial charge in [-0.1, -0.05) is 12.1 Å². The van der Waals surface area contributed by atoms with Gasteiger partial charge in [-0.2, -0.15) is 26.3 Å². The number of aryl methyl sites for hydroxylation is 1. The van der Waals surface area contributed by atoms with E-state index in [9.17, 15) is 45.6 Å². The first kappa shape index (κ1) is 25.9. The van der Waals surface area contributed by atoms with Gasteiger partial charge in [-0.05, 0) is 30.0 Å². The Morgan fingerprint density at radius 3 is 2.11 bits per heavy atom. The second-order valence-corrected chi connectivity index (χ2v) is 7.96. The van der Waals surface area contributed by atoms with Crippen molar-refractivity contribution in [3.8, 4) is 0 Å². The van der Waals surface area contributed by atoms with Gasteiger partial charge in [0.05, 0.1) is 10.5 Å². The summed E-state index contributed by atoms with van der Waals surface area (Å²) in [6.45, 7) is 0. The van der Waals surface area contributed by atoms with E-state index in [4.69, 9.17) is 0 Å². The zero-order chi connectivity index (χ0) is 26.2. The largest absolute Gasteiger partial charge is 0.435 e. The Kier molecular flexibility index (Phi) is 6.79. The molecule has 3 aromatic rings. The molecule has 0 saturated carbocycles. The molecule has 0 aliphatic heterocycles. The van der Waals surface area contributed by atoms with Crippen molar-refractivity contribution in [2.45, 2.75) is 28.1 Å². The predicted molar refractivity (Wildman–Crippen MR) is 108 cm³/mol. The molecule has 3 rings (SSSR count). The number of nitrogens with zero attached hydrogens (tertiary/aromatic N) is 4. The average molecular weight is 523 g/mol. The molecule has 16 heteroatoms. The van der Waals surface area contributed by atoms with Crippen molar-refractivity contribution in [1.29, 1.82) is 0 Å². The van der Waals surface area contributed by atoms with Crippen molar-refractivity contribution in [2.24, 2.45) is 7.05 Å². The minimum absolute atomic E-state index is 0.192. The van der Waals surface area contributed by atoms with E-state index in [-0.39, 0.29) is 28.3 Å². The van der Waals surface area contributed by atoms with E-state index in [2.05, 4.69) is 15.5 Å². The fourth-order valence-electron chi connectivity index (χ4n) is 2.83. The Labute approximate surface area is 195 Å². The standard InChI is InChI=1S/C19H12F7N5O3S/c1-30-9-27-29-16(30)35-14-7-6-12(31(33)34)8-13(14)15(32)28-11-4-2-10(3-5-11)17(20,18(21,22)23)19(24,25)26/h2-9H,1H3,(H,28,32). The molecular formula is C19H12F7N5O3S. The normalized spacial score (nSPS) is 12.5. The van der Waals surface area contributed by atoms with Crippen LogP contribution in [0.2, 0.25) is 0 Å². The third-order valence-electron chi connectivity index (χ3n) is 4.61. The van der Waals surface area contributed by atoms with Crippen LogP contribution < -0.4 is 5.32 Å². The first-order valence-corrected chi connectivity index (χ1v) is 10.0. The van der Waals surface area contributed by atoms with Gasteiger partial charge in [-0.15, -0.1) is 10.2 Å². The Hall–Kier alpha value is -3.69. The Morgan fingerprint density at radius 1 is 1.03 bits per heavy atom. The van der Waals surface area contributed by atoms with Crippen molar-refractivity contribution in [3.05, 3.63) is 70.0 Å². The molecule has 0 unspecified atom stereocenters. The summed E-state index contributed by atoms with van der Waals surface area (Å²) < 4.78 is 93.2. The molecule has 1 heterocycles. The number of alkyl halides is 7. The maximum atomic E-state index is 14.2. The van der Waals surface area contributed by atoms with E-state index in [1.807, 2.05) is 0 Å². The number of rotatable bonds is 6. The third-order valence-corrected chi connectivity index (χ3v) is 5.74. The number of halogens is 7. The number of aromatic nitrogens is 3. The fourth-order valence-corrected chi connectivity index (χ4v) is 3.70. The summed E-state index contributed by atoms with van der Waals surface area (Å²) in [6.07, 6.45) is -11.2. The number of amides is 1. The predicted octanol–water partition coefficient (Wildman–Crippen LogP) is 5.42. The third kappa shape index (κ3) is 5.06. The zero-order valence-corrected chi connectivity index (χ0v) is 18.0. The first-order chi connectivity index (χ1) is 16.1. The van der Waals surface area contributed by atoms with Gasteiger partial charge in [0.2, 0.25) is 0 Å². The lowest BCUT2D eigenvalue weighted by molar-refractivity contribution is -0.384. The van der Waals surface area contributed by atoms with Crippen LogP contribution >= 0.6 is 11.8 Å². The number of hydrogen-bond acceptors (Lipinski definition) is 6. The van der Waals surface area contributed by atoms with E-state index in [1.54, 1.807) is 7.05 Å². The molecule has 1 N–H and O–H groups in total. The molecule has 2 aromatic carbocycles. The van der Waals surface area contributed by atoms with Crippen LogP contribution in [0.4, 0.5) is 42.1 Å². The molecular weight excluding hydrogens is 511 g/mol. The average Bonchev–Trinajstić information content (AvgIpc) is 3.16. The molecule has 8 nitrogen and oxygen atoms in total. The lowest BCUT2D eigenvalue weighted by atomic mass is 9.94. The Bertz CT molecular complexity index is 1240. The van der Waals surface area contributed by atoms with Crippen molar-refractivity contribution < 1.29 is 40.5 Å². The first-order valence-electron chi connectivity index (χ1n) is 9.19. The van der Waals surface area contributed by atoms with Gasteiger partial charge in [0.15, 0.2) is 5.16 Å². The lowest BCUT2D eigenvalue weighted by Crippen LogP contribution is -2.50. The molecule has 186 valence electrons. The van der Waals surface area contributed by atoms with E-state index in [0.717, 1.165) is 23.9 Å². The van der Waals surface area contributed by atoms with E-state index in [0.29, 0.717) is 17.3 Å². The number of benzene rings is 2. The summed E-state index contributed by atoms with van der Waals surface area (Å²) in [5.74, 6) is -0.968. The zero-order valence-electron chi connectivity index (χ0n) is 17.2. The smallest absolute Gasteiger partial charge is 0.322 e. The van der Waals surface area contributed by atoms with Crippen molar-refractivity contribution in [2.75, 3.05) is 5.32 Å². The number of carbonyl (C=O) groups is 1. The van der Waals surface area contributed by atoms with Crippen LogP contribution in [-0.2, 0) is 12.7 Å². The Balaban J connectivity index is 1.93. The molecule has 0 radical (unpaired) electrons. The van der Waals surface area contributed by atoms with Crippen molar-refractivity contribution >= 4 is 29.0 Å². The summed E-state index contributed by atoms with van der Waals surface area (Å²) in [5, 5.41) is 21.1. The Morgan fingerprint density at radius 2 is 1.63 bits per heavy atom. The molecule has 0 aliphatic rings. The number of nitro benzene ring substituents is 1. The highest BCUT2D eigenvalue weighted by molar-refractivity contribution is 7.99. The minimum Gasteiger partial charge on any atom is -0.322 e. The number of nitrogens with one attached hydrogen (secondary N) is 1. The van der Waals surface area contributed by atoms with E-state index in [1.165, 1.54) is 17.0 Å². The molecule has 0 bridgehead atoms. The highest BCUT2D eigenvalue weighted by Gasteiger charge is 2.73. The molecule has 0 atom stereocenters. The maximum absolute atomic E-state index is 14.2. The SMILES string of the molecule is Cn1cnnc1Sc1ccc([N+](=O)[O-])cc1C(=O)Nc1ccc(C(F)(C(F)(F)F)C(F)(F)F)cc1. The summed E-state index contributed by atoms with van der Waals surface area (Å²) >= 11 is 0.924. The van der Waals surface area contributed by atoms with Crippen molar-refractivity contribution in [1.82, 2.24) is 14.8 Å². The van der Waals surface area contributed by atoms with Crippen molar-refractivity contribution in [3.63, 3.8) is 0 Å². The van der Waals surface area contributed by atoms with Crippen LogP contribution in [0.25, 0.3) is 0 Å². The minimum atomic E-state index is -6.29. The van der Waals surface area contributed by atoms with Crippen LogP contribution in [0, 0.1) is 10.1 Å². The van der Waals surface area contributed by atoms with Crippen LogP contribution in [0.5, 0.6) is 0 Å². The number of anilines is 1. The molecule has 0 spiro atoms.